The zero-order valence-corrected chi connectivity index (χ0v) is 11.3. The summed E-state index contributed by atoms with van der Waals surface area (Å²) in [6, 6.07) is -1.16. The summed E-state index contributed by atoms with van der Waals surface area (Å²) in [7, 11) is -5.42. The van der Waals surface area contributed by atoms with Crippen molar-refractivity contribution in [2.75, 3.05) is 6.61 Å². The molecule has 0 saturated heterocycles. The highest BCUT2D eigenvalue weighted by molar-refractivity contribution is 7.90. The zero-order chi connectivity index (χ0) is 14.8. The minimum atomic E-state index is -5.42. The molecule has 108 valence electrons. The molecule has 1 N–H and O–H groups in total. The average molecular weight is 291 g/mol. The fourth-order valence-electron chi connectivity index (χ4n) is 0.783. The lowest BCUT2D eigenvalue weighted by Crippen LogP contribution is -2.44. The third-order valence-electron chi connectivity index (χ3n) is 1.74. The molecule has 9 heteroatoms. The summed E-state index contributed by atoms with van der Waals surface area (Å²) in [5, 5.41) is 0. The van der Waals surface area contributed by atoms with Crippen LogP contribution in [0.5, 0.6) is 0 Å². The van der Waals surface area contributed by atoms with Gasteiger partial charge in [-0.15, -0.1) is 0 Å². The van der Waals surface area contributed by atoms with Crippen LogP contribution in [0.2, 0.25) is 0 Å². The number of hydrogen-bond acceptors (Lipinski definition) is 4. The van der Waals surface area contributed by atoms with Crippen molar-refractivity contribution >= 4 is 16.0 Å². The molecule has 0 aliphatic heterocycles. The Bertz CT molecular complexity index is 397. The van der Waals surface area contributed by atoms with Gasteiger partial charge in [-0.3, -0.25) is 4.79 Å². The van der Waals surface area contributed by atoms with Crippen molar-refractivity contribution in [1.29, 1.82) is 0 Å². The van der Waals surface area contributed by atoms with Crippen LogP contribution in [0, 0.1) is 5.41 Å². The van der Waals surface area contributed by atoms with Crippen LogP contribution in [0.3, 0.4) is 0 Å². The van der Waals surface area contributed by atoms with Crippen molar-refractivity contribution in [2.24, 2.45) is 5.41 Å². The van der Waals surface area contributed by atoms with Gasteiger partial charge in [0.05, 0.1) is 11.5 Å². The molecule has 0 aromatic carbocycles. The zero-order valence-electron chi connectivity index (χ0n) is 10.5. The van der Waals surface area contributed by atoms with E-state index in [1.165, 1.54) is 11.6 Å². The molecule has 0 aromatic heterocycles. The molecule has 0 radical (unpaired) electrons. The summed E-state index contributed by atoms with van der Waals surface area (Å²) in [5.41, 5.74) is -6.18. The van der Waals surface area contributed by atoms with Crippen LogP contribution in [0.4, 0.5) is 13.2 Å². The van der Waals surface area contributed by atoms with Gasteiger partial charge in [-0.2, -0.15) is 13.2 Å². The summed E-state index contributed by atoms with van der Waals surface area (Å²) in [6.45, 7) is 5.41. The third-order valence-corrected chi connectivity index (χ3v) is 3.06. The molecule has 1 unspecified atom stereocenters. The van der Waals surface area contributed by atoms with E-state index >= 15 is 0 Å². The summed E-state index contributed by atoms with van der Waals surface area (Å²) in [5.74, 6) is -0.624. The molecule has 0 heterocycles. The number of nitrogens with one attached hydrogen (secondary N) is 1. The van der Waals surface area contributed by atoms with Gasteiger partial charge in [-0.25, -0.2) is 13.1 Å². The first-order valence-corrected chi connectivity index (χ1v) is 6.51. The highest BCUT2D eigenvalue weighted by atomic mass is 32.2. The van der Waals surface area contributed by atoms with Crippen molar-refractivity contribution in [2.45, 2.75) is 39.2 Å². The maximum Gasteiger partial charge on any atom is 0.511 e. The molecule has 5 nitrogen and oxygen atoms in total. The number of ether oxygens (including phenoxy) is 1. The molecule has 0 aliphatic carbocycles. The fourth-order valence-corrected chi connectivity index (χ4v) is 1.51. The van der Waals surface area contributed by atoms with Gasteiger partial charge in [0.15, 0.2) is 0 Å². The fraction of sp³-hybridized carbons (Fsp3) is 0.889. The number of hydrogen-bond donors (Lipinski definition) is 1. The maximum absolute atomic E-state index is 12.0. The lowest BCUT2D eigenvalue weighted by molar-refractivity contribution is -0.153. The number of sulfonamides is 1. The van der Waals surface area contributed by atoms with Crippen LogP contribution in [0.25, 0.3) is 0 Å². The van der Waals surface area contributed by atoms with E-state index in [-0.39, 0.29) is 0 Å². The summed E-state index contributed by atoms with van der Waals surface area (Å²) in [4.78, 5) is 11.3. The second-order valence-electron chi connectivity index (χ2n) is 4.82. The van der Waals surface area contributed by atoms with Gasteiger partial charge < -0.3 is 4.74 Å². The number of rotatable bonds is 4. The topological polar surface area (TPSA) is 72.5 Å². The van der Waals surface area contributed by atoms with Gasteiger partial charge in [-0.1, -0.05) is 0 Å². The Morgan fingerprint density at radius 2 is 1.72 bits per heavy atom. The van der Waals surface area contributed by atoms with Crippen molar-refractivity contribution in [3.8, 4) is 0 Å². The highest BCUT2D eigenvalue weighted by Crippen LogP contribution is 2.22. The Morgan fingerprint density at radius 1 is 1.28 bits per heavy atom. The quantitative estimate of drug-likeness (QED) is 0.795. The maximum atomic E-state index is 12.0. The third kappa shape index (κ3) is 5.21. The standard InChI is InChI=1S/C9H16F3NO4S/c1-6(5-17-7(14)8(2,3)4)13-18(15,16)9(10,11)12/h6,13H,5H2,1-4H3. The van der Waals surface area contributed by atoms with E-state index in [0.29, 0.717) is 0 Å². The molecule has 0 aromatic rings. The molecule has 0 amide bonds. The molecule has 0 saturated carbocycles. The van der Waals surface area contributed by atoms with Crippen molar-refractivity contribution in [1.82, 2.24) is 4.72 Å². The predicted octanol–water partition coefficient (Wildman–Crippen LogP) is 1.40. The van der Waals surface area contributed by atoms with E-state index in [1.807, 2.05) is 0 Å². The summed E-state index contributed by atoms with van der Waals surface area (Å²) in [6.07, 6.45) is 0. The van der Waals surface area contributed by atoms with E-state index in [2.05, 4.69) is 0 Å². The number of carbonyl (C=O) groups excluding carboxylic acids is 1. The Morgan fingerprint density at radius 3 is 2.06 bits per heavy atom. The second-order valence-corrected chi connectivity index (χ2v) is 6.52. The molecular formula is C9H16F3NO4S. The highest BCUT2D eigenvalue weighted by Gasteiger charge is 2.46. The predicted molar refractivity (Wildman–Crippen MR) is 58.0 cm³/mol. The molecular weight excluding hydrogens is 275 g/mol. The number of halogens is 3. The van der Waals surface area contributed by atoms with Crippen molar-refractivity contribution < 1.29 is 31.1 Å². The van der Waals surface area contributed by atoms with Crippen LogP contribution in [-0.4, -0.2) is 32.5 Å². The van der Waals surface area contributed by atoms with Crippen LogP contribution in [-0.2, 0) is 19.6 Å². The monoisotopic (exact) mass is 291 g/mol. The molecule has 0 rings (SSSR count). The molecule has 0 aliphatic rings. The van der Waals surface area contributed by atoms with Gasteiger partial charge in [0.2, 0.25) is 0 Å². The first-order chi connectivity index (χ1) is 7.77. The Hall–Kier alpha value is -0.830. The van der Waals surface area contributed by atoms with Gasteiger partial charge in [0.25, 0.3) is 0 Å². The van der Waals surface area contributed by atoms with Gasteiger partial charge in [0, 0.05) is 0 Å². The minimum Gasteiger partial charge on any atom is -0.464 e. The van der Waals surface area contributed by atoms with Gasteiger partial charge in [-0.05, 0) is 27.7 Å². The van der Waals surface area contributed by atoms with Gasteiger partial charge in [0.1, 0.15) is 6.61 Å². The number of esters is 1. The number of alkyl halides is 3. The summed E-state index contributed by atoms with van der Waals surface area (Å²) < 4.78 is 63.6. The molecule has 0 bridgehead atoms. The van der Waals surface area contributed by atoms with Crippen LogP contribution in [0.15, 0.2) is 0 Å². The van der Waals surface area contributed by atoms with E-state index < -0.39 is 39.6 Å². The second kappa shape index (κ2) is 5.43. The Kier molecular flexibility index (Phi) is 5.18. The lowest BCUT2D eigenvalue weighted by Gasteiger charge is -2.20. The van der Waals surface area contributed by atoms with Crippen LogP contribution < -0.4 is 4.72 Å². The first-order valence-electron chi connectivity index (χ1n) is 5.03. The van der Waals surface area contributed by atoms with Crippen molar-refractivity contribution in [3.63, 3.8) is 0 Å². The molecule has 0 spiro atoms. The largest absolute Gasteiger partial charge is 0.511 e. The first kappa shape index (κ1) is 17.2. The van der Waals surface area contributed by atoms with E-state index in [0.717, 1.165) is 0 Å². The molecule has 1 atom stereocenters. The minimum absolute atomic E-state index is 0.467. The smallest absolute Gasteiger partial charge is 0.464 e. The van der Waals surface area contributed by atoms with E-state index in [4.69, 9.17) is 4.74 Å². The van der Waals surface area contributed by atoms with E-state index in [9.17, 15) is 26.4 Å². The van der Waals surface area contributed by atoms with E-state index in [1.54, 1.807) is 20.8 Å². The molecule has 0 fully saturated rings. The van der Waals surface area contributed by atoms with Crippen LogP contribution >= 0.6 is 0 Å². The van der Waals surface area contributed by atoms with Crippen LogP contribution in [0.1, 0.15) is 27.7 Å². The Labute approximate surface area is 104 Å². The van der Waals surface area contributed by atoms with Crippen molar-refractivity contribution in [3.05, 3.63) is 0 Å². The SMILES string of the molecule is CC(COC(=O)C(C)(C)C)NS(=O)(=O)C(F)(F)F. The number of carbonyl (C=O) groups is 1. The lowest BCUT2D eigenvalue weighted by atomic mass is 9.97. The normalized spacial score (nSPS) is 15.3. The average Bonchev–Trinajstić information content (AvgIpc) is 2.09. The Balaban J connectivity index is 4.40. The van der Waals surface area contributed by atoms with Gasteiger partial charge >= 0.3 is 21.5 Å². The summed E-state index contributed by atoms with van der Waals surface area (Å²) >= 11 is 0. The molecule has 18 heavy (non-hydrogen) atoms.